The van der Waals surface area contributed by atoms with Crippen molar-refractivity contribution < 1.29 is 4.79 Å². The Bertz CT molecular complexity index is 751. The summed E-state index contributed by atoms with van der Waals surface area (Å²) in [5.74, 6) is 0.162. The van der Waals surface area contributed by atoms with Gasteiger partial charge in [-0.2, -0.15) is 0 Å². The van der Waals surface area contributed by atoms with Crippen LogP contribution in [0.15, 0.2) is 30.6 Å². The molecule has 1 amide bonds. The summed E-state index contributed by atoms with van der Waals surface area (Å²) in [6, 6.07) is 7.88. The van der Waals surface area contributed by atoms with Crippen molar-refractivity contribution in [2.24, 2.45) is 0 Å². The van der Waals surface area contributed by atoms with Gasteiger partial charge in [0.25, 0.3) is 5.91 Å². The zero-order valence-electron chi connectivity index (χ0n) is 14.7. The van der Waals surface area contributed by atoms with Gasteiger partial charge in [0, 0.05) is 36.9 Å². The number of anilines is 1. The molecule has 2 fully saturated rings. The smallest absolute Gasteiger partial charge is 0.250 e. The number of carbonyl (C=O) groups is 1. The summed E-state index contributed by atoms with van der Waals surface area (Å²) in [5, 5.41) is 12.4. The molecule has 1 aromatic carbocycles. The second kappa shape index (κ2) is 7.23. The molecule has 0 spiro atoms. The van der Waals surface area contributed by atoms with Gasteiger partial charge >= 0.3 is 0 Å². The van der Waals surface area contributed by atoms with Crippen LogP contribution in [0, 0.1) is 0 Å². The molecule has 26 heavy (non-hydrogen) atoms. The van der Waals surface area contributed by atoms with Crippen LogP contribution in [-0.4, -0.2) is 57.2 Å². The first-order valence-electron chi connectivity index (χ1n) is 9.22. The molecule has 0 radical (unpaired) electrons. The standard InChI is InChI=1S/C18H23ClN6O/c19-15-5-4-6-16(13-15)23-9-11-24(12-10-23)17(26)18(7-2-1-3-8-18)25-14-20-21-22-25/h4-6,13-14H,1-3,7-12H2. The molecule has 8 heteroatoms. The number of aromatic nitrogens is 4. The van der Waals surface area contributed by atoms with Crippen molar-refractivity contribution in [2.75, 3.05) is 31.1 Å². The highest BCUT2D eigenvalue weighted by molar-refractivity contribution is 6.30. The quantitative estimate of drug-likeness (QED) is 0.824. The Hall–Kier alpha value is -2.15. The Morgan fingerprint density at radius 2 is 1.85 bits per heavy atom. The fourth-order valence-corrected chi connectivity index (χ4v) is 4.35. The zero-order valence-corrected chi connectivity index (χ0v) is 15.5. The Kier molecular flexibility index (Phi) is 4.80. The topological polar surface area (TPSA) is 67.2 Å². The Morgan fingerprint density at radius 3 is 2.50 bits per heavy atom. The minimum absolute atomic E-state index is 0.162. The van der Waals surface area contributed by atoms with E-state index in [-0.39, 0.29) is 5.91 Å². The highest BCUT2D eigenvalue weighted by atomic mass is 35.5. The summed E-state index contributed by atoms with van der Waals surface area (Å²) in [6.45, 7) is 3.01. The maximum Gasteiger partial charge on any atom is 0.250 e. The van der Waals surface area contributed by atoms with Gasteiger partial charge in [-0.05, 0) is 41.5 Å². The molecule has 1 saturated heterocycles. The van der Waals surface area contributed by atoms with Gasteiger partial charge in [0.1, 0.15) is 11.9 Å². The van der Waals surface area contributed by atoms with Gasteiger partial charge in [-0.25, -0.2) is 4.68 Å². The van der Waals surface area contributed by atoms with Gasteiger partial charge in [-0.15, -0.1) is 5.10 Å². The second-order valence-electron chi connectivity index (χ2n) is 7.11. The van der Waals surface area contributed by atoms with Crippen molar-refractivity contribution in [2.45, 2.75) is 37.6 Å². The lowest BCUT2D eigenvalue weighted by Gasteiger charge is -2.42. The zero-order chi connectivity index (χ0) is 18.0. The summed E-state index contributed by atoms with van der Waals surface area (Å²) >= 11 is 6.11. The number of benzene rings is 1. The number of rotatable bonds is 3. The van der Waals surface area contributed by atoms with Gasteiger partial charge in [0.05, 0.1) is 0 Å². The lowest BCUT2D eigenvalue weighted by Crippen LogP contribution is -2.57. The Morgan fingerprint density at radius 1 is 1.08 bits per heavy atom. The van der Waals surface area contributed by atoms with Crippen molar-refractivity contribution in [3.05, 3.63) is 35.6 Å². The minimum atomic E-state index is -0.611. The summed E-state index contributed by atoms with van der Waals surface area (Å²) < 4.78 is 1.69. The predicted molar refractivity (Wildman–Crippen MR) is 99.1 cm³/mol. The van der Waals surface area contributed by atoms with E-state index in [0.29, 0.717) is 13.1 Å². The van der Waals surface area contributed by atoms with Crippen LogP contribution in [0.2, 0.25) is 5.02 Å². The van der Waals surface area contributed by atoms with E-state index >= 15 is 0 Å². The predicted octanol–water partition coefficient (Wildman–Crippen LogP) is 2.33. The van der Waals surface area contributed by atoms with Gasteiger partial charge < -0.3 is 9.80 Å². The number of tetrazole rings is 1. The molecule has 0 atom stereocenters. The summed E-state index contributed by atoms with van der Waals surface area (Å²) in [7, 11) is 0. The number of hydrogen-bond donors (Lipinski definition) is 0. The van der Waals surface area contributed by atoms with Crippen molar-refractivity contribution in [1.82, 2.24) is 25.1 Å². The Balaban J connectivity index is 1.48. The normalized spacial score (nSPS) is 20.2. The van der Waals surface area contributed by atoms with Crippen LogP contribution in [0.3, 0.4) is 0 Å². The number of halogens is 1. The van der Waals surface area contributed by atoms with Crippen LogP contribution in [0.25, 0.3) is 0 Å². The van der Waals surface area contributed by atoms with Crippen molar-refractivity contribution in [3.63, 3.8) is 0 Å². The van der Waals surface area contributed by atoms with E-state index in [2.05, 4.69) is 26.5 Å². The first-order chi connectivity index (χ1) is 12.7. The van der Waals surface area contributed by atoms with E-state index in [1.54, 1.807) is 11.0 Å². The van der Waals surface area contributed by atoms with Crippen LogP contribution in [0.1, 0.15) is 32.1 Å². The first-order valence-corrected chi connectivity index (χ1v) is 9.60. The average Bonchev–Trinajstić information content (AvgIpc) is 3.23. The van der Waals surface area contributed by atoms with Crippen LogP contribution in [0.5, 0.6) is 0 Å². The molecule has 1 aliphatic carbocycles. The molecule has 2 aromatic rings. The molecule has 7 nitrogen and oxygen atoms in total. The molecule has 0 unspecified atom stereocenters. The number of piperazine rings is 1. The van der Waals surface area contributed by atoms with Crippen molar-refractivity contribution in [1.29, 1.82) is 0 Å². The number of carbonyl (C=O) groups excluding carboxylic acids is 1. The molecule has 2 heterocycles. The molecule has 0 bridgehead atoms. The third-order valence-electron chi connectivity index (χ3n) is 5.61. The van der Waals surface area contributed by atoms with Crippen LogP contribution >= 0.6 is 11.6 Å². The molecule has 0 N–H and O–H groups in total. The molecule has 1 aromatic heterocycles. The Labute approximate surface area is 157 Å². The highest BCUT2D eigenvalue weighted by Crippen LogP contribution is 2.36. The number of nitrogens with zero attached hydrogens (tertiary/aromatic N) is 6. The van der Waals surface area contributed by atoms with Crippen LogP contribution in [-0.2, 0) is 10.3 Å². The lowest BCUT2D eigenvalue weighted by atomic mass is 9.80. The van der Waals surface area contributed by atoms with Gasteiger partial charge in [0.15, 0.2) is 0 Å². The van der Waals surface area contributed by atoms with Crippen LogP contribution < -0.4 is 4.90 Å². The van der Waals surface area contributed by atoms with E-state index in [0.717, 1.165) is 49.5 Å². The maximum absolute atomic E-state index is 13.4. The number of hydrogen-bond acceptors (Lipinski definition) is 5. The third kappa shape index (κ3) is 3.16. The fourth-order valence-electron chi connectivity index (χ4n) is 4.17. The van der Waals surface area contributed by atoms with E-state index in [4.69, 9.17) is 11.6 Å². The molecule has 1 saturated carbocycles. The van der Waals surface area contributed by atoms with E-state index in [1.165, 1.54) is 6.42 Å². The molecular formula is C18H23ClN6O. The number of amides is 1. The second-order valence-corrected chi connectivity index (χ2v) is 7.54. The lowest BCUT2D eigenvalue weighted by molar-refractivity contribution is -0.144. The largest absolute Gasteiger partial charge is 0.368 e. The van der Waals surface area contributed by atoms with E-state index in [9.17, 15) is 4.79 Å². The monoisotopic (exact) mass is 374 g/mol. The van der Waals surface area contributed by atoms with E-state index < -0.39 is 5.54 Å². The maximum atomic E-state index is 13.4. The van der Waals surface area contributed by atoms with Crippen LogP contribution in [0.4, 0.5) is 5.69 Å². The SMILES string of the molecule is O=C(N1CCN(c2cccc(Cl)c2)CC1)C1(n2cnnn2)CCCCC1. The highest BCUT2D eigenvalue weighted by Gasteiger charge is 2.45. The van der Waals surface area contributed by atoms with Crippen molar-refractivity contribution in [3.8, 4) is 0 Å². The van der Waals surface area contributed by atoms with Crippen molar-refractivity contribution >= 4 is 23.2 Å². The first kappa shape index (κ1) is 17.3. The fraction of sp³-hybridized carbons (Fsp3) is 0.556. The third-order valence-corrected chi connectivity index (χ3v) is 5.84. The van der Waals surface area contributed by atoms with E-state index in [1.807, 2.05) is 23.1 Å². The average molecular weight is 375 g/mol. The summed E-state index contributed by atoms with van der Waals surface area (Å²) in [4.78, 5) is 17.7. The summed E-state index contributed by atoms with van der Waals surface area (Å²) in [6.07, 6.45) is 6.45. The summed E-state index contributed by atoms with van der Waals surface area (Å²) in [5.41, 5.74) is 0.498. The van der Waals surface area contributed by atoms with Gasteiger partial charge in [-0.3, -0.25) is 4.79 Å². The van der Waals surface area contributed by atoms with Gasteiger partial charge in [0.2, 0.25) is 0 Å². The minimum Gasteiger partial charge on any atom is -0.368 e. The molecule has 138 valence electrons. The molecule has 1 aliphatic heterocycles. The molecular weight excluding hydrogens is 352 g/mol. The molecule has 2 aliphatic rings. The molecule has 4 rings (SSSR count). The van der Waals surface area contributed by atoms with Gasteiger partial charge in [-0.1, -0.05) is 36.9 Å².